The molecule has 3 rings (SSSR count). The fourth-order valence-electron chi connectivity index (χ4n) is 2.50. The van der Waals surface area contributed by atoms with Crippen LogP contribution in [0, 0.1) is 5.82 Å². The number of nitrogens with zero attached hydrogens (tertiary/aromatic N) is 1. The van der Waals surface area contributed by atoms with Crippen molar-refractivity contribution in [3.05, 3.63) is 53.6 Å². The van der Waals surface area contributed by atoms with E-state index in [1.807, 2.05) is 6.92 Å². The Bertz CT molecular complexity index is 736. The number of fused-ring (bicyclic) bond motifs is 1. The average Bonchev–Trinajstić information content (AvgIpc) is 2.59. The molecule has 1 aliphatic rings. The molecule has 1 unspecified atom stereocenters. The topological polar surface area (TPSA) is 60.5 Å². The molecule has 0 radical (unpaired) electrons. The highest BCUT2D eigenvalue weighted by molar-refractivity contribution is 5.92. The molecule has 1 atom stereocenters. The van der Waals surface area contributed by atoms with Gasteiger partial charge < -0.3 is 14.8 Å². The Kier molecular flexibility index (Phi) is 4.93. The van der Waals surface area contributed by atoms with E-state index in [1.54, 1.807) is 24.4 Å². The van der Waals surface area contributed by atoms with Crippen LogP contribution in [0.25, 0.3) is 0 Å². The van der Waals surface area contributed by atoms with Gasteiger partial charge in [0.15, 0.2) is 0 Å². The summed E-state index contributed by atoms with van der Waals surface area (Å²) in [5, 5.41) is 2.83. The first-order valence-corrected chi connectivity index (χ1v) is 7.93. The van der Waals surface area contributed by atoms with Crippen molar-refractivity contribution >= 4 is 5.91 Å². The van der Waals surface area contributed by atoms with Crippen molar-refractivity contribution in [2.75, 3.05) is 13.2 Å². The number of hydrogen-bond donors (Lipinski definition) is 1. The number of carbonyl (C=O) groups excluding carboxylic acids is 1. The van der Waals surface area contributed by atoms with Crippen molar-refractivity contribution in [1.29, 1.82) is 0 Å². The Morgan fingerprint density at radius 3 is 3.17 bits per heavy atom. The average molecular weight is 330 g/mol. The van der Waals surface area contributed by atoms with Gasteiger partial charge in [-0.15, -0.1) is 0 Å². The van der Waals surface area contributed by atoms with Crippen molar-refractivity contribution in [3.8, 4) is 11.5 Å². The third-order valence-electron chi connectivity index (χ3n) is 3.70. The zero-order valence-corrected chi connectivity index (χ0v) is 13.4. The summed E-state index contributed by atoms with van der Waals surface area (Å²) in [6.45, 7) is 2.75. The number of hydrogen-bond acceptors (Lipinski definition) is 4. The quantitative estimate of drug-likeness (QED) is 0.916. The van der Waals surface area contributed by atoms with Crippen LogP contribution in [-0.2, 0) is 6.42 Å². The van der Waals surface area contributed by atoms with Crippen LogP contribution in [0.1, 0.15) is 29.4 Å². The predicted molar refractivity (Wildman–Crippen MR) is 86.9 cm³/mol. The van der Waals surface area contributed by atoms with Crippen LogP contribution in [0.4, 0.5) is 4.39 Å². The fraction of sp³-hybridized carbons (Fsp3) is 0.333. The molecule has 1 aliphatic heterocycles. The van der Waals surface area contributed by atoms with Crippen LogP contribution in [0.15, 0.2) is 36.5 Å². The molecule has 2 heterocycles. The number of aromatic nitrogens is 1. The van der Waals surface area contributed by atoms with E-state index in [9.17, 15) is 9.18 Å². The Morgan fingerprint density at radius 1 is 1.46 bits per heavy atom. The minimum atomic E-state index is -0.357. The molecule has 5 nitrogen and oxygen atoms in total. The van der Waals surface area contributed by atoms with Gasteiger partial charge in [-0.1, -0.05) is 6.07 Å². The highest BCUT2D eigenvalue weighted by Crippen LogP contribution is 2.23. The summed E-state index contributed by atoms with van der Waals surface area (Å²) in [5.74, 6) is 0.559. The minimum absolute atomic E-state index is 0.239. The van der Waals surface area contributed by atoms with Crippen molar-refractivity contribution in [3.63, 3.8) is 0 Å². The first kappa shape index (κ1) is 16.2. The van der Waals surface area contributed by atoms with Gasteiger partial charge >= 0.3 is 0 Å². The number of pyridine rings is 1. The summed E-state index contributed by atoms with van der Waals surface area (Å²) in [6.07, 6.45) is 3.42. The zero-order chi connectivity index (χ0) is 16.9. The van der Waals surface area contributed by atoms with E-state index >= 15 is 0 Å². The van der Waals surface area contributed by atoms with Gasteiger partial charge in [0.25, 0.3) is 5.91 Å². The molecule has 2 aromatic rings. The van der Waals surface area contributed by atoms with Gasteiger partial charge in [0.2, 0.25) is 0 Å². The maximum absolute atomic E-state index is 13.1. The zero-order valence-electron chi connectivity index (χ0n) is 13.4. The lowest BCUT2D eigenvalue weighted by Gasteiger charge is -2.18. The molecule has 1 amide bonds. The smallest absolute Gasteiger partial charge is 0.270 e. The molecule has 0 saturated heterocycles. The summed E-state index contributed by atoms with van der Waals surface area (Å²) < 4.78 is 24.1. The lowest BCUT2D eigenvalue weighted by molar-refractivity contribution is 0.0921. The van der Waals surface area contributed by atoms with Gasteiger partial charge in [-0.2, -0.15) is 0 Å². The van der Waals surface area contributed by atoms with Crippen LogP contribution in [0.2, 0.25) is 0 Å². The SMILES string of the molecule is CC(COc1cccc(F)c1)NC(=O)c1cc2c(cn1)OCCC2. The highest BCUT2D eigenvalue weighted by atomic mass is 19.1. The third-order valence-corrected chi connectivity index (χ3v) is 3.70. The van der Waals surface area contributed by atoms with Crippen molar-refractivity contribution < 1.29 is 18.7 Å². The van der Waals surface area contributed by atoms with Crippen molar-refractivity contribution in [1.82, 2.24) is 10.3 Å². The van der Waals surface area contributed by atoms with Gasteiger partial charge in [-0.05, 0) is 43.5 Å². The van der Waals surface area contributed by atoms with Crippen molar-refractivity contribution in [2.45, 2.75) is 25.8 Å². The van der Waals surface area contributed by atoms with Crippen LogP contribution >= 0.6 is 0 Å². The van der Waals surface area contributed by atoms with Gasteiger partial charge in [0.05, 0.1) is 18.8 Å². The van der Waals surface area contributed by atoms with Crippen LogP contribution in [0.5, 0.6) is 11.5 Å². The molecule has 1 N–H and O–H groups in total. The van der Waals surface area contributed by atoms with Gasteiger partial charge in [0.1, 0.15) is 29.6 Å². The first-order valence-electron chi connectivity index (χ1n) is 7.93. The second-order valence-electron chi connectivity index (χ2n) is 5.77. The molecular weight excluding hydrogens is 311 g/mol. The van der Waals surface area contributed by atoms with Gasteiger partial charge in [-0.3, -0.25) is 4.79 Å². The summed E-state index contributed by atoms with van der Waals surface area (Å²) >= 11 is 0. The summed E-state index contributed by atoms with van der Waals surface area (Å²) in [5.41, 5.74) is 1.36. The Morgan fingerprint density at radius 2 is 2.33 bits per heavy atom. The number of halogens is 1. The molecular formula is C18H19FN2O3. The van der Waals surface area contributed by atoms with Crippen molar-refractivity contribution in [2.24, 2.45) is 0 Å². The van der Waals surface area contributed by atoms with E-state index < -0.39 is 0 Å². The lowest BCUT2D eigenvalue weighted by Crippen LogP contribution is -2.37. The lowest BCUT2D eigenvalue weighted by atomic mass is 10.1. The fourth-order valence-corrected chi connectivity index (χ4v) is 2.50. The molecule has 1 aromatic carbocycles. The molecule has 126 valence electrons. The Hall–Kier alpha value is -2.63. The Balaban J connectivity index is 1.56. The number of ether oxygens (including phenoxy) is 2. The largest absolute Gasteiger partial charge is 0.492 e. The molecule has 0 fully saturated rings. The number of aryl methyl sites for hydroxylation is 1. The van der Waals surface area contributed by atoms with Gasteiger partial charge in [-0.25, -0.2) is 9.37 Å². The number of amides is 1. The second kappa shape index (κ2) is 7.29. The molecule has 0 bridgehead atoms. The molecule has 6 heteroatoms. The Labute approximate surface area is 139 Å². The van der Waals surface area contributed by atoms with Crippen LogP contribution in [0.3, 0.4) is 0 Å². The van der Waals surface area contributed by atoms with E-state index in [1.165, 1.54) is 12.1 Å². The number of nitrogens with one attached hydrogen (secondary N) is 1. The molecule has 1 aromatic heterocycles. The maximum atomic E-state index is 13.1. The highest BCUT2D eigenvalue weighted by Gasteiger charge is 2.16. The van der Waals surface area contributed by atoms with E-state index in [-0.39, 0.29) is 24.4 Å². The first-order chi connectivity index (χ1) is 11.6. The van der Waals surface area contributed by atoms with E-state index in [4.69, 9.17) is 9.47 Å². The van der Waals surface area contributed by atoms with E-state index in [0.717, 1.165) is 24.2 Å². The van der Waals surface area contributed by atoms with E-state index in [2.05, 4.69) is 10.3 Å². The normalized spacial score (nSPS) is 14.2. The molecule has 0 saturated carbocycles. The molecule has 0 spiro atoms. The standard InChI is InChI=1S/C18H19FN2O3/c1-12(11-24-15-6-2-5-14(19)9-15)21-18(22)16-8-13-4-3-7-23-17(13)10-20-16/h2,5-6,8-10,12H,3-4,7,11H2,1H3,(H,21,22). The summed E-state index contributed by atoms with van der Waals surface area (Å²) in [4.78, 5) is 16.4. The predicted octanol–water partition coefficient (Wildman–Crippen LogP) is 2.74. The summed E-state index contributed by atoms with van der Waals surface area (Å²) in [7, 11) is 0. The molecule has 0 aliphatic carbocycles. The number of carbonyl (C=O) groups is 1. The molecule has 24 heavy (non-hydrogen) atoms. The number of benzene rings is 1. The van der Waals surface area contributed by atoms with Crippen LogP contribution in [-0.4, -0.2) is 30.1 Å². The monoisotopic (exact) mass is 330 g/mol. The van der Waals surface area contributed by atoms with Crippen LogP contribution < -0.4 is 14.8 Å². The van der Waals surface area contributed by atoms with E-state index in [0.29, 0.717) is 18.1 Å². The minimum Gasteiger partial charge on any atom is -0.492 e. The third kappa shape index (κ3) is 4.01. The summed E-state index contributed by atoms with van der Waals surface area (Å²) in [6, 6.07) is 7.43. The second-order valence-corrected chi connectivity index (χ2v) is 5.77. The maximum Gasteiger partial charge on any atom is 0.270 e. The van der Waals surface area contributed by atoms with Gasteiger partial charge in [0, 0.05) is 6.07 Å². The number of rotatable bonds is 5.